The Bertz CT molecular complexity index is 632. The molecule has 1 atom stereocenters. The molecule has 0 spiro atoms. The lowest BCUT2D eigenvalue weighted by Crippen LogP contribution is -2.14. The number of phenolic OH excluding ortho intramolecular Hbond substituents is 1. The Morgan fingerprint density at radius 3 is 2.48 bits per heavy atom. The normalized spacial score (nSPS) is 17.1. The summed E-state index contributed by atoms with van der Waals surface area (Å²) in [6, 6.07) is 11.6. The van der Waals surface area contributed by atoms with Gasteiger partial charge in [-0.2, -0.15) is 0 Å². The largest absolute Gasteiger partial charge is 0.508 e. The van der Waals surface area contributed by atoms with Gasteiger partial charge in [0.25, 0.3) is 0 Å². The second-order valence-electron chi connectivity index (χ2n) is 5.50. The Kier molecular flexibility index (Phi) is 3.74. The third-order valence-corrected chi connectivity index (χ3v) is 4.30. The summed E-state index contributed by atoms with van der Waals surface area (Å²) in [6.45, 7) is 0. The number of benzene rings is 2. The standard InChI is InChI=1S/C18H20O3/c1-20-16-10-14-9-13(12-3-6-15(19)7-4-12)5-8-17(14)18(11-16)21-2/h3-4,6-7,10-11,13,19H,5,8-9H2,1-2H3. The number of methoxy groups -OCH3 is 2. The summed E-state index contributed by atoms with van der Waals surface area (Å²) in [7, 11) is 3.39. The topological polar surface area (TPSA) is 38.7 Å². The Labute approximate surface area is 125 Å². The van der Waals surface area contributed by atoms with Crippen LogP contribution in [0.1, 0.15) is 29.0 Å². The molecule has 0 aromatic heterocycles. The summed E-state index contributed by atoms with van der Waals surface area (Å²) in [5, 5.41) is 9.42. The summed E-state index contributed by atoms with van der Waals surface area (Å²) < 4.78 is 10.9. The number of ether oxygens (including phenoxy) is 2. The van der Waals surface area contributed by atoms with Crippen LogP contribution < -0.4 is 9.47 Å². The van der Waals surface area contributed by atoms with Crippen molar-refractivity contribution >= 4 is 0 Å². The number of hydrogen-bond acceptors (Lipinski definition) is 3. The van der Waals surface area contributed by atoms with Gasteiger partial charge in [-0.05, 0) is 60.1 Å². The lowest BCUT2D eigenvalue weighted by molar-refractivity contribution is 0.386. The average Bonchev–Trinajstić information content (AvgIpc) is 2.53. The molecule has 3 heteroatoms. The van der Waals surface area contributed by atoms with E-state index in [0.717, 1.165) is 30.8 Å². The number of hydrogen-bond donors (Lipinski definition) is 1. The van der Waals surface area contributed by atoms with Gasteiger partial charge in [0, 0.05) is 6.07 Å². The van der Waals surface area contributed by atoms with E-state index in [1.807, 2.05) is 18.2 Å². The lowest BCUT2D eigenvalue weighted by Gasteiger charge is -2.27. The Hall–Kier alpha value is -2.16. The maximum Gasteiger partial charge on any atom is 0.126 e. The SMILES string of the molecule is COc1cc2c(c(OC)c1)CCC(c1ccc(O)cc1)C2. The van der Waals surface area contributed by atoms with Gasteiger partial charge in [-0.25, -0.2) is 0 Å². The first-order valence-corrected chi connectivity index (χ1v) is 7.24. The van der Waals surface area contributed by atoms with E-state index in [2.05, 4.69) is 6.07 Å². The van der Waals surface area contributed by atoms with E-state index in [-0.39, 0.29) is 0 Å². The first-order valence-electron chi connectivity index (χ1n) is 7.24. The molecule has 21 heavy (non-hydrogen) atoms. The third-order valence-electron chi connectivity index (χ3n) is 4.30. The zero-order chi connectivity index (χ0) is 14.8. The molecule has 0 fully saturated rings. The minimum Gasteiger partial charge on any atom is -0.508 e. The summed E-state index contributed by atoms with van der Waals surface area (Å²) >= 11 is 0. The van der Waals surface area contributed by atoms with Crippen LogP contribution in [-0.2, 0) is 12.8 Å². The first kappa shape index (κ1) is 13.8. The predicted molar refractivity (Wildman–Crippen MR) is 82.4 cm³/mol. The molecule has 0 saturated carbocycles. The number of rotatable bonds is 3. The van der Waals surface area contributed by atoms with Gasteiger partial charge in [-0.15, -0.1) is 0 Å². The van der Waals surface area contributed by atoms with E-state index < -0.39 is 0 Å². The van der Waals surface area contributed by atoms with Gasteiger partial charge in [-0.1, -0.05) is 12.1 Å². The zero-order valence-corrected chi connectivity index (χ0v) is 12.4. The van der Waals surface area contributed by atoms with Crippen molar-refractivity contribution in [2.45, 2.75) is 25.2 Å². The van der Waals surface area contributed by atoms with Crippen molar-refractivity contribution in [1.82, 2.24) is 0 Å². The molecular weight excluding hydrogens is 264 g/mol. The second-order valence-corrected chi connectivity index (χ2v) is 5.50. The number of aromatic hydroxyl groups is 1. The Balaban J connectivity index is 1.92. The van der Waals surface area contributed by atoms with Crippen molar-refractivity contribution in [3.8, 4) is 17.2 Å². The first-order chi connectivity index (χ1) is 10.2. The molecule has 0 saturated heterocycles. The highest BCUT2D eigenvalue weighted by atomic mass is 16.5. The maximum absolute atomic E-state index is 9.42. The summed E-state index contributed by atoms with van der Waals surface area (Å²) in [4.78, 5) is 0. The van der Waals surface area contributed by atoms with Crippen LogP contribution >= 0.6 is 0 Å². The molecule has 110 valence electrons. The molecular formula is C18H20O3. The van der Waals surface area contributed by atoms with Crippen LogP contribution in [0, 0.1) is 0 Å². The molecule has 2 aromatic rings. The zero-order valence-electron chi connectivity index (χ0n) is 12.4. The van der Waals surface area contributed by atoms with Crippen LogP contribution in [0.5, 0.6) is 17.2 Å². The summed E-state index contributed by atoms with van der Waals surface area (Å²) in [6.07, 6.45) is 3.09. The molecule has 1 unspecified atom stereocenters. The van der Waals surface area contributed by atoms with Gasteiger partial charge in [0.05, 0.1) is 14.2 Å². The van der Waals surface area contributed by atoms with Crippen molar-refractivity contribution in [3.05, 3.63) is 53.1 Å². The maximum atomic E-state index is 9.42. The molecule has 1 aliphatic carbocycles. The fourth-order valence-electron chi connectivity index (χ4n) is 3.16. The molecule has 0 radical (unpaired) electrons. The molecule has 0 amide bonds. The number of fused-ring (bicyclic) bond motifs is 1. The molecule has 2 aromatic carbocycles. The molecule has 0 bridgehead atoms. The fraction of sp³-hybridized carbons (Fsp3) is 0.333. The van der Waals surface area contributed by atoms with Gasteiger partial charge in [0.2, 0.25) is 0 Å². The molecule has 1 aliphatic rings. The van der Waals surface area contributed by atoms with E-state index >= 15 is 0 Å². The highest BCUT2D eigenvalue weighted by molar-refractivity contribution is 5.49. The van der Waals surface area contributed by atoms with Crippen LogP contribution in [0.3, 0.4) is 0 Å². The molecule has 0 aliphatic heterocycles. The van der Waals surface area contributed by atoms with E-state index in [4.69, 9.17) is 9.47 Å². The van der Waals surface area contributed by atoms with Crippen molar-refractivity contribution in [3.63, 3.8) is 0 Å². The molecule has 3 rings (SSSR count). The summed E-state index contributed by atoms with van der Waals surface area (Å²) in [5.41, 5.74) is 3.88. The fourth-order valence-corrected chi connectivity index (χ4v) is 3.16. The lowest BCUT2D eigenvalue weighted by atomic mass is 9.80. The predicted octanol–water partition coefficient (Wildman–Crippen LogP) is 3.68. The van der Waals surface area contributed by atoms with Crippen LogP contribution in [0.15, 0.2) is 36.4 Å². The molecule has 1 N–H and O–H groups in total. The van der Waals surface area contributed by atoms with Crippen LogP contribution in [-0.4, -0.2) is 19.3 Å². The molecule has 0 heterocycles. The van der Waals surface area contributed by atoms with E-state index in [9.17, 15) is 5.11 Å². The van der Waals surface area contributed by atoms with Gasteiger partial charge in [-0.3, -0.25) is 0 Å². The van der Waals surface area contributed by atoms with Crippen molar-refractivity contribution in [1.29, 1.82) is 0 Å². The molecule has 3 nitrogen and oxygen atoms in total. The quantitative estimate of drug-likeness (QED) is 0.934. The van der Waals surface area contributed by atoms with E-state index in [0.29, 0.717) is 11.7 Å². The van der Waals surface area contributed by atoms with Crippen molar-refractivity contribution < 1.29 is 14.6 Å². The third kappa shape index (κ3) is 2.68. The van der Waals surface area contributed by atoms with E-state index in [1.165, 1.54) is 16.7 Å². The minimum absolute atomic E-state index is 0.318. The average molecular weight is 284 g/mol. The van der Waals surface area contributed by atoms with Crippen molar-refractivity contribution in [2.24, 2.45) is 0 Å². The Morgan fingerprint density at radius 2 is 1.81 bits per heavy atom. The van der Waals surface area contributed by atoms with Crippen molar-refractivity contribution in [2.75, 3.05) is 14.2 Å². The van der Waals surface area contributed by atoms with Gasteiger partial charge in [0.1, 0.15) is 17.2 Å². The second kappa shape index (κ2) is 5.68. The van der Waals surface area contributed by atoms with Crippen LogP contribution in [0.25, 0.3) is 0 Å². The number of phenols is 1. The monoisotopic (exact) mass is 284 g/mol. The minimum atomic E-state index is 0.318. The van der Waals surface area contributed by atoms with Crippen LogP contribution in [0.2, 0.25) is 0 Å². The van der Waals surface area contributed by atoms with Gasteiger partial charge < -0.3 is 14.6 Å². The summed E-state index contributed by atoms with van der Waals surface area (Å²) in [5.74, 6) is 2.57. The van der Waals surface area contributed by atoms with Gasteiger partial charge in [0.15, 0.2) is 0 Å². The van der Waals surface area contributed by atoms with E-state index in [1.54, 1.807) is 26.4 Å². The highest BCUT2D eigenvalue weighted by Crippen LogP contribution is 2.39. The van der Waals surface area contributed by atoms with Crippen LogP contribution in [0.4, 0.5) is 0 Å². The highest BCUT2D eigenvalue weighted by Gasteiger charge is 2.23. The smallest absolute Gasteiger partial charge is 0.126 e. The van der Waals surface area contributed by atoms with Gasteiger partial charge >= 0.3 is 0 Å². The Morgan fingerprint density at radius 1 is 1.05 bits per heavy atom.